The Bertz CT molecular complexity index is 251. The van der Waals surface area contributed by atoms with Crippen molar-refractivity contribution in [2.45, 2.75) is 30.6 Å². The van der Waals surface area contributed by atoms with Crippen molar-refractivity contribution in [2.75, 3.05) is 13.7 Å². The standard InChI is InChI=1S/C8H16N2O6/c1-9-8(15)10-4-6(13)5(12)3(2-11)16-7(4)14/h3-7,11-14H,2H2,1H3,(H2,9,10,15)/t3-,4-,5-,6+,7?/m1/s1. The highest BCUT2D eigenvalue weighted by Crippen LogP contribution is 2.19. The number of ether oxygens (including phenoxy) is 1. The number of carbonyl (C=O) groups excluding carboxylic acids is 1. The molecule has 6 N–H and O–H groups in total. The van der Waals surface area contributed by atoms with Gasteiger partial charge in [0.1, 0.15) is 24.4 Å². The predicted molar refractivity (Wildman–Crippen MR) is 51.4 cm³/mol. The molecule has 0 spiro atoms. The molecule has 1 fully saturated rings. The zero-order valence-electron chi connectivity index (χ0n) is 8.70. The van der Waals surface area contributed by atoms with Gasteiger partial charge in [-0.15, -0.1) is 0 Å². The second kappa shape index (κ2) is 5.41. The van der Waals surface area contributed by atoms with E-state index in [0.717, 1.165) is 0 Å². The molecule has 2 amide bonds. The Morgan fingerprint density at radius 1 is 1.31 bits per heavy atom. The second-order valence-corrected chi connectivity index (χ2v) is 3.48. The second-order valence-electron chi connectivity index (χ2n) is 3.48. The highest BCUT2D eigenvalue weighted by molar-refractivity contribution is 5.73. The van der Waals surface area contributed by atoms with Crippen LogP contribution in [0.1, 0.15) is 0 Å². The van der Waals surface area contributed by atoms with E-state index in [4.69, 9.17) is 9.84 Å². The topological polar surface area (TPSA) is 131 Å². The summed E-state index contributed by atoms with van der Waals surface area (Å²) in [6, 6.07) is -1.78. The molecule has 1 aliphatic rings. The molecule has 0 radical (unpaired) electrons. The van der Waals surface area contributed by atoms with Gasteiger partial charge in [0, 0.05) is 7.05 Å². The summed E-state index contributed by atoms with van der Waals surface area (Å²) in [4.78, 5) is 11.0. The lowest BCUT2D eigenvalue weighted by molar-refractivity contribution is -0.252. The molecule has 0 aromatic rings. The van der Waals surface area contributed by atoms with Crippen molar-refractivity contribution in [1.82, 2.24) is 10.6 Å². The minimum Gasteiger partial charge on any atom is -0.394 e. The van der Waals surface area contributed by atoms with Gasteiger partial charge >= 0.3 is 6.03 Å². The van der Waals surface area contributed by atoms with Crippen LogP contribution in [0.3, 0.4) is 0 Å². The first-order chi connectivity index (χ1) is 7.51. The molecule has 94 valence electrons. The fraction of sp³-hybridized carbons (Fsp3) is 0.875. The van der Waals surface area contributed by atoms with Gasteiger partial charge in [-0.2, -0.15) is 0 Å². The van der Waals surface area contributed by atoms with E-state index in [1.807, 2.05) is 0 Å². The van der Waals surface area contributed by atoms with Crippen molar-refractivity contribution in [3.05, 3.63) is 0 Å². The van der Waals surface area contributed by atoms with Gasteiger partial charge in [-0.25, -0.2) is 4.79 Å². The van der Waals surface area contributed by atoms with Crippen LogP contribution >= 0.6 is 0 Å². The van der Waals surface area contributed by atoms with Crippen molar-refractivity contribution in [1.29, 1.82) is 0 Å². The van der Waals surface area contributed by atoms with Gasteiger partial charge in [-0.1, -0.05) is 0 Å². The normalized spacial score (nSPS) is 39.2. The van der Waals surface area contributed by atoms with Crippen molar-refractivity contribution >= 4 is 6.03 Å². The zero-order valence-corrected chi connectivity index (χ0v) is 8.70. The van der Waals surface area contributed by atoms with E-state index in [9.17, 15) is 20.1 Å². The summed E-state index contributed by atoms with van der Waals surface area (Å²) in [5.74, 6) is 0. The first kappa shape index (κ1) is 13.1. The van der Waals surface area contributed by atoms with Crippen LogP contribution in [0.4, 0.5) is 4.79 Å². The summed E-state index contributed by atoms with van der Waals surface area (Å²) in [5.41, 5.74) is 0. The zero-order chi connectivity index (χ0) is 12.3. The molecule has 5 atom stereocenters. The maximum absolute atomic E-state index is 11.0. The van der Waals surface area contributed by atoms with Crippen LogP contribution in [0.25, 0.3) is 0 Å². The molecule has 1 unspecified atom stereocenters. The molecule has 0 aromatic carbocycles. The first-order valence-corrected chi connectivity index (χ1v) is 4.80. The Morgan fingerprint density at radius 3 is 2.44 bits per heavy atom. The summed E-state index contributed by atoms with van der Waals surface area (Å²) in [5, 5.41) is 41.8. The maximum atomic E-state index is 11.0. The summed E-state index contributed by atoms with van der Waals surface area (Å²) >= 11 is 0. The molecule has 0 bridgehead atoms. The Labute approximate surface area is 91.8 Å². The minimum atomic E-state index is -1.49. The van der Waals surface area contributed by atoms with Crippen LogP contribution in [0.15, 0.2) is 0 Å². The molecule has 0 aromatic heterocycles. The van der Waals surface area contributed by atoms with Crippen LogP contribution < -0.4 is 10.6 Å². The Balaban J connectivity index is 2.67. The molecular formula is C8H16N2O6. The molecule has 8 heteroatoms. The summed E-state index contributed by atoms with van der Waals surface area (Å²) in [6.07, 6.45) is -5.37. The number of hydrogen-bond acceptors (Lipinski definition) is 6. The Kier molecular flexibility index (Phi) is 4.44. The van der Waals surface area contributed by atoms with Crippen molar-refractivity contribution < 1.29 is 30.0 Å². The minimum absolute atomic E-state index is 0.540. The third-order valence-electron chi connectivity index (χ3n) is 2.42. The van der Waals surface area contributed by atoms with Crippen LogP contribution in [0.5, 0.6) is 0 Å². The van der Waals surface area contributed by atoms with Crippen LogP contribution in [-0.2, 0) is 4.74 Å². The summed E-state index contributed by atoms with van der Waals surface area (Å²) < 4.78 is 4.83. The number of nitrogens with one attached hydrogen (secondary N) is 2. The van der Waals surface area contributed by atoms with Crippen LogP contribution in [-0.4, -0.2) is 70.8 Å². The molecule has 8 nitrogen and oxygen atoms in total. The van der Waals surface area contributed by atoms with Crippen molar-refractivity contribution in [3.63, 3.8) is 0 Å². The van der Waals surface area contributed by atoms with Crippen molar-refractivity contribution in [3.8, 4) is 0 Å². The van der Waals surface area contributed by atoms with Crippen LogP contribution in [0, 0.1) is 0 Å². The van der Waals surface area contributed by atoms with E-state index in [1.54, 1.807) is 0 Å². The third kappa shape index (κ3) is 2.60. The van der Waals surface area contributed by atoms with Gasteiger partial charge in [-0.05, 0) is 0 Å². The smallest absolute Gasteiger partial charge is 0.315 e. The lowest BCUT2D eigenvalue weighted by Crippen LogP contribution is -2.64. The number of amides is 2. The first-order valence-electron chi connectivity index (χ1n) is 4.80. The number of urea groups is 1. The van der Waals surface area contributed by atoms with E-state index in [1.165, 1.54) is 7.05 Å². The SMILES string of the molecule is CNC(=O)N[C@H]1C(O)O[C@H](CO)[C@@H](O)[C@H]1O. The highest BCUT2D eigenvalue weighted by atomic mass is 16.6. The average molecular weight is 236 g/mol. The quantitative estimate of drug-likeness (QED) is 0.298. The van der Waals surface area contributed by atoms with Gasteiger partial charge in [-0.3, -0.25) is 0 Å². The van der Waals surface area contributed by atoms with Gasteiger partial charge in [0.05, 0.1) is 6.61 Å². The van der Waals surface area contributed by atoms with Crippen molar-refractivity contribution in [2.24, 2.45) is 0 Å². The van der Waals surface area contributed by atoms with Gasteiger partial charge in [0.15, 0.2) is 6.29 Å². The van der Waals surface area contributed by atoms with E-state index in [-0.39, 0.29) is 0 Å². The Hall–Kier alpha value is -0.930. The van der Waals surface area contributed by atoms with Gasteiger partial charge < -0.3 is 35.8 Å². The summed E-state index contributed by atoms with van der Waals surface area (Å²) in [6.45, 7) is -0.540. The number of aliphatic hydroxyl groups excluding tert-OH is 4. The summed E-state index contributed by atoms with van der Waals surface area (Å²) in [7, 11) is 1.37. The number of carbonyl (C=O) groups is 1. The number of hydrogen-bond donors (Lipinski definition) is 6. The highest BCUT2D eigenvalue weighted by Gasteiger charge is 2.44. The lowest BCUT2D eigenvalue weighted by atomic mass is 9.97. The molecule has 0 saturated carbocycles. The van der Waals surface area contributed by atoms with E-state index in [2.05, 4.69) is 10.6 Å². The van der Waals surface area contributed by atoms with Crippen LogP contribution in [0.2, 0.25) is 0 Å². The molecule has 0 aliphatic carbocycles. The fourth-order valence-electron chi connectivity index (χ4n) is 1.48. The molecule has 1 rings (SSSR count). The molecule has 1 aliphatic heterocycles. The lowest BCUT2D eigenvalue weighted by Gasteiger charge is -2.40. The third-order valence-corrected chi connectivity index (χ3v) is 2.42. The Morgan fingerprint density at radius 2 is 1.94 bits per heavy atom. The van der Waals surface area contributed by atoms with Gasteiger partial charge in [0.2, 0.25) is 0 Å². The molecule has 1 saturated heterocycles. The number of aliphatic hydroxyl groups is 4. The van der Waals surface area contributed by atoms with Gasteiger partial charge in [0.25, 0.3) is 0 Å². The van der Waals surface area contributed by atoms with E-state index in [0.29, 0.717) is 0 Å². The largest absolute Gasteiger partial charge is 0.394 e. The van der Waals surface area contributed by atoms with E-state index < -0.39 is 43.3 Å². The maximum Gasteiger partial charge on any atom is 0.315 e. The molecule has 1 heterocycles. The monoisotopic (exact) mass is 236 g/mol. The van der Waals surface area contributed by atoms with E-state index >= 15 is 0 Å². The average Bonchev–Trinajstić information content (AvgIpc) is 2.28. The number of rotatable bonds is 2. The molecular weight excluding hydrogens is 220 g/mol. The fourth-order valence-corrected chi connectivity index (χ4v) is 1.48. The predicted octanol–water partition coefficient (Wildman–Crippen LogP) is -3.28. The molecule has 16 heavy (non-hydrogen) atoms.